The Labute approximate surface area is 467 Å². The van der Waals surface area contributed by atoms with E-state index in [1.807, 2.05) is 13.1 Å². The van der Waals surface area contributed by atoms with E-state index >= 15 is 4.79 Å². The van der Waals surface area contributed by atoms with Gasteiger partial charge in [0.2, 0.25) is 5.91 Å². The lowest BCUT2D eigenvalue weighted by Gasteiger charge is -2.41. The molecule has 7 atom stereocenters. The lowest BCUT2D eigenvalue weighted by molar-refractivity contribution is -0.156. The number of nitrogens with one attached hydrogen (secondary N) is 2. The number of hydrogen-bond acceptors (Lipinski definition) is 17. The first-order valence-electron chi connectivity index (χ1n) is 28.9. The molecule has 19 nitrogen and oxygen atoms in total. The predicted molar refractivity (Wildman–Crippen MR) is 299 cm³/mol. The standard InChI is InChI=1S/C59H77N11O8S/c1-36-48(54-60-15-7-16-61-54)49(36)55(71)64-51-53(68-22-27-76-28-23-68)56-63-46(34-79-56)38-9-12-47-42(30-38)44(32-59(3,4)35-78-58(73)45-8-6-17-70(65-45)57(51)72)52(69(47)24-29-77-41-13-25-75-26-14-41)43-31-40(33-62-50(43)37(2)74-5)67-20-18-66(19-21-67)39-10-11-39/h7,9,12,15-16,30-31,33-34,36-37,39,41,45,48-49,51,53,65H,6,8,10-11,13-14,17-29,32,35H2,1-5H3,(H,64,71)/t36-,37+,45+,48+,49+,51?,53+/m1/s1. The molecule has 2 aliphatic carbocycles. The van der Waals surface area contributed by atoms with Gasteiger partial charge in [-0.1, -0.05) is 26.8 Å². The maximum Gasteiger partial charge on any atom is 0.324 e. The number of piperazine rings is 1. The molecular formula is C59H77N11O8S. The Balaban J connectivity index is 0.992. The quantitative estimate of drug-likeness (QED) is 0.124. The van der Waals surface area contributed by atoms with Crippen LogP contribution < -0.4 is 15.6 Å². The Morgan fingerprint density at radius 3 is 2.47 bits per heavy atom. The highest BCUT2D eigenvalue weighted by Crippen LogP contribution is 2.53. The van der Waals surface area contributed by atoms with Gasteiger partial charge in [0, 0.05) is 130 Å². The number of carbonyl (C=O) groups excluding carboxylic acids is 3. The number of rotatable bonds is 13. The van der Waals surface area contributed by atoms with Gasteiger partial charge in [-0.15, -0.1) is 11.3 Å². The summed E-state index contributed by atoms with van der Waals surface area (Å²) in [6.45, 7) is 17.2. The van der Waals surface area contributed by atoms with Crippen LogP contribution in [0.2, 0.25) is 0 Å². The summed E-state index contributed by atoms with van der Waals surface area (Å²) < 4.78 is 33.2. The number of morpholine rings is 1. The number of methoxy groups -OCH3 is 1. The minimum absolute atomic E-state index is 0.0285. The van der Waals surface area contributed by atoms with Crippen LogP contribution in [0.1, 0.15) is 106 Å². The van der Waals surface area contributed by atoms with Crippen molar-refractivity contribution < 1.29 is 38.1 Å². The van der Waals surface area contributed by atoms with Crippen molar-refractivity contribution in [1.82, 2.24) is 50.1 Å². The van der Waals surface area contributed by atoms with Crippen LogP contribution in [0.15, 0.2) is 54.3 Å². The molecule has 0 spiro atoms. The van der Waals surface area contributed by atoms with Gasteiger partial charge < -0.3 is 38.5 Å². The maximum absolute atomic E-state index is 15.4. The second kappa shape index (κ2) is 23.2. The van der Waals surface area contributed by atoms with Gasteiger partial charge in [0.15, 0.2) is 0 Å². The van der Waals surface area contributed by atoms with E-state index in [0.717, 1.165) is 95.4 Å². The fraction of sp³-hybridized carbons (Fsp3) is 0.610. The third-order valence-electron chi connectivity index (χ3n) is 17.6. The van der Waals surface area contributed by atoms with Gasteiger partial charge in [-0.3, -0.25) is 34.2 Å². The summed E-state index contributed by atoms with van der Waals surface area (Å²) in [7, 11) is 1.74. The van der Waals surface area contributed by atoms with Crippen molar-refractivity contribution in [1.29, 1.82) is 0 Å². The van der Waals surface area contributed by atoms with E-state index < -0.39 is 35.4 Å². The summed E-state index contributed by atoms with van der Waals surface area (Å²) in [5, 5.41) is 8.64. The average Bonchev–Trinajstić information content (AvgIpc) is 4.53. The van der Waals surface area contributed by atoms with Crippen LogP contribution in [0, 0.1) is 17.3 Å². The van der Waals surface area contributed by atoms with E-state index in [1.54, 1.807) is 25.6 Å². The number of carbonyl (C=O) groups is 3. The first-order chi connectivity index (χ1) is 38.4. The molecule has 5 aliphatic heterocycles. The molecule has 20 heteroatoms. The summed E-state index contributed by atoms with van der Waals surface area (Å²) in [5.41, 5.74) is 10.5. The van der Waals surface area contributed by atoms with E-state index in [-0.39, 0.29) is 42.5 Å². The van der Waals surface area contributed by atoms with Crippen LogP contribution >= 0.6 is 11.3 Å². The molecule has 2 amide bonds. The average molecular weight is 1100 g/mol. The molecule has 12 rings (SSSR count). The molecule has 422 valence electrons. The molecule has 6 bridgehead atoms. The van der Waals surface area contributed by atoms with E-state index in [0.29, 0.717) is 89.3 Å². The molecule has 1 unspecified atom stereocenters. The molecule has 4 aromatic heterocycles. The third kappa shape index (κ3) is 11.5. The highest BCUT2D eigenvalue weighted by molar-refractivity contribution is 7.10. The minimum atomic E-state index is -1.07. The Bertz CT molecular complexity index is 2980. The van der Waals surface area contributed by atoms with Crippen LogP contribution in [-0.2, 0) is 51.0 Å². The van der Waals surface area contributed by atoms with Crippen molar-refractivity contribution in [3.05, 3.63) is 76.4 Å². The van der Waals surface area contributed by atoms with E-state index in [1.165, 1.54) is 29.2 Å². The van der Waals surface area contributed by atoms with Gasteiger partial charge in [-0.25, -0.2) is 20.4 Å². The minimum Gasteiger partial charge on any atom is -0.464 e. The summed E-state index contributed by atoms with van der Waals surface area (Å²) in [5.74, 6) is -1.04. The molecular weight excluding hydrogens is 1020 g/mol. The Kier molecular flexibility index (Phi) is 15.9. The highest BCUT2D eigenvalue weighted by atomic mass is 32.1. The zero-order chi connectivity index (χ0) is 54.4. The predicted octanol–water partition coefficient (Wildman–Crippen LogP) is 6.33. The van der Waals surface area contributed by atoms with Gasteiger partial charge in [0.05, 0.1) is 79.6 Å². The third-order valence-corrected chi connectivity index (χ3v) is 18.5. The van der Waals surface area contributed by atoms with Crippen molar-refractivity contribution in [2.45, 2.75) is 121 Å². The van der Waals surface area contributed by atoms with Crippen LogP contribution in [0.5, 0.6) is 0 Å². The molecule has 6 fully saturated rings. The van der Waals surface area contributed by atoms with Crippen molar-refractivity contribution in [3.8, 4) is 22.5 Å². The number of hydrazine groups is 1. The maximum atomic E-state index is 15.4. The number of anilines is 1. The number of ether oxygens (including phenoxy) is 5. The molecule has 4 saturated heterocycles. The van der Waals surface area contributed by atoms with Gasteiger partial charge in [0.1, 0.15) is 22.9 Å². The molecule has 0 radical (unpaired) electrons. The van der Waals surface area contributed by atoms with Gasteiger partial charge in [-0.05, 0) is 87.6 Å². The molecule has 7 aliphatic rings. The summed E-state index contributed by atoms with van der Waals surface area (Å²) >= 11 is 1.49. The van der Waals surface area contributed by atoms with Crippen LogP contribution in [0.25, 0.3) is 33.4 Å². The van der Waals surface area contributed by atoms with Crippen molar-refractivity contribution in [2.24, 2.45) is 17.3 Å². The van der Waals surface area contributed by atoms with Crippen LogP contribution in [-0.4, -0.2) is 174 Å². The van der Waals surface area contributed by atoms with E-state index in [9.17, 15) is 9.59 Å². The van der Waals surface area contributed by atoms with Gasteiger partial charge in [-0.2, -0.15) is 0 Å². The second-order valence-corrected chi connectivity index (χ2v) is 24.5. The summed E-state index contributed by atoms with van der Waals surface area (Å²) in [4.78, 5) is 71.6. The Hall–Kier alpha value is -5.45. The van der Waals surface area contributed by atoms with Crippen molar-refractivity contribution >= 4 is 45.7 Å². The van der Waals surface area contributed by atoms with Crippen LogP contribution in [0.4, 0.5) is 5.69 Å². The lowest BCUT2D eigenvalue weighted by atomic mass is 9.84. The van der Waals surface area contributed by atoms with E-state index in [4.69, 9.17) is 33.7 Å². The monoisotopic (exact) mass is 1100 g/mol. The number of amides is 2. The molecule has 1 aromatic carbocycles. The largest absolute Gasteiger partial charge is 0.464 e. The Morgan fingerprint density at radius 2 is 1.71 bits per heavy atom. The smallest absolute Gasteiger partial charge is 0.324 e. The number of esters is 1. The first-order valence-corrected chi connectivity index (χ1v) is 29.8. The summed E-state index contributed by atoms with van der Waals surface area (Å²) in [6.07, 6.45) is 11.1. The number of benzene rings is 1. The first kappa shape index (κ1) is 54.2. The normalized spacial score (nSPS) is 26.9. The number of fused-ring (bicyclic) bond motifs is 6. The van der Waals surface area contributed by atoms with Gasteiger partial charge in [0.25, 0.3) is 5.91 Å². The number of thiazole rings is 1. The van der Waals surface area contributed by atoms with Crippen molar-refractivity contribution in [2.75, 3.05) is 97.5 Å². The fourth-order valence-electron chi connectivity index (χ4n) is 12.9. The molecule has 79 heavy (non-hydrogen) atoms. The van der Waals surface area contributed by atoms with Crippen LogP contribution in [0.3, 0.4) is 0 Å². The number of aromatic nitrogens is 5. The SMILES string of the molecule is CO[C@@H](C)c1ncc(N2CCN(C3CC3)CC2)cc1-c1c2c3cc(ccc3n1CCOC1CCOCC1)-c1csc(n1)[C@@H](N1CCOCC1)C(NC(=O)[C@H]1[C@H](C)[C@@H]1c1ncccn1)C(=O)N1CCC[C@H](N1)C(=O)OCC(C)(C)C2. The lowest BCUT2D eigenvalue weighted by Crippen LogP contribution is -2.63. The zero-order valence-corrected chi connectivity index (χ0v) is 47.3. The van der Waals surface area contributed by atoms with E-state index in [2.05, 4.69) is 90.4 Å². The Morgan fingerprint density at radius 1 is 0.937 bits per heavy atom. The zero-order valence-electron chi connectivity index (χ0n) is 46.4. The molecule has 9 heterocycles. The number of cyclic esters (lactones) is 1. The number of pyridine rings is 1. The molecule has 2 N–H and O–H groups in total. The molecule has 5 aromatic rings. The summed E-state index contributed by atoms with van der Waals surface area (Å²) in [6, 6.07) is 8.92. The van der Waals surface area contributed by atoms with Crippen molar-refractivity contribution in [3.63, 3.8) is 0 Å². The fourth-order valence-corrected chi connectivity index (χ4v) is 13.9. The topological polar surface area (TPSA) is 191 Å². The number of hydrogen-bond donors (Lipinski definition) is 2. The number of nitrogens with zero attached hydrogens (tertiary/aromatic N) is 9. The molecule has 2 saturated carbocycles. The van der Waals surface area contributed by atoms with Gasteiger partial charge >= 0.3 is 5.97 Å². The highest BCUT2D eigenvalue weighted by Gasteiger charge is 2.55. The second-order valence-electron chi connectivity index (χ2n) is 23.6.